The van der Waals surface area contributed by atoms with Gasteiger partial charge >= 0.3 is 0 Å². The highest BCUT2D eigenvalue weighted by atomic mass is 32.1. The summed E-state index contributed by atoms with van der Waals surface area (Å²) in [6, 6.07) is 0. The Morgan fingerprint density at radius 2 is 2.18 bits per heavy atom. The van der Waals surface area contributed by atoms with Crippen molar-refractivity contribution in [2.45, 2.75) is 26.2 Å². The Balaban J connectivity index is 2.34. The van der Waals surface area contributed by atoms with Crippen LogP contribution in [0.3, 0.4) is 0 Å². The molecule has 1 aliphatic rings. The summed E-state index contributed by atoms with van der Waals surface area (Å²) in [5.41, 5.74) is 6.91. The van der Waals surface area contributed by atoms with Gasteiger partial charge in [-0.2, -0.15) is 0 Å². The van der Waals surface area contributed by atoms with E-state index in [1.807, 2.05) is 0 Å². The Morgan fingerprint density at radius 1 is 1.41 bits per heavy atom. The van der Waals surface area contributed by atoms with Gasteiger partial charge in [-0.15, -0.1) is 11.3 Å². The number of amides is 2. The van der Waals surface area contributed by atoms with Gasteiger partial charge in [-0.1, -0.05) is 6.08 Å². The lowest BCUT2D eigenvalue weighted by atomic mass is 10.1. The number of anilines is 1. The van der Waals surface area contributed by atoms with Crippen LogP contribution < -0.4 is 11.1 Å². The minimum atomic E-state index is -0.458. The van der Waals surface area contributed by atoms with Crippen LogP contribution in [0.25, 0.3) is 0 Å². The molecule has 0 fully saturated rings. The molecule has 2 rings (SSSR count). The average molecular weight is 250 g/mol. The van der Waals surface area contributed by atoms with Crippen LogP contribution in [0, 0.1) is 0 Å². The molecule has 90 valence electrons. The van der Waals surface area contributed by atoms with E-state index in [4.69, 9.17) is 5.73 Å². The first-order chi connectivity index (χ1) is 8.13. The number of nitrogens with two attached hydrogens (primary N) is 1. The number of rotatable bonds is 3. The van der Waals surface area contributed by atoms with Crippen molar-refractivity contribution in [2.24, 2.45) is 5.73 Å². The van der Waals surface area contributed by atoms with Gasteiger partial charge in [0.1, 0.15) is 5.00 Å². The number of primary amides is 1. The largest absolute Gasteiger partial charge is 0.365 e. The summed E-state index contributed by atoms with van der Waals surface area (Å²) in [6.45, 7) is 1.77. The van der Waals surface area contributed by atoms with Gasteiger partial charge in [0.2, 0.25) is 5.91 Å². The molecule has 0 atom stereocenters. The van der Waals surface area contributed by atoms with Gasteiger partial charge in [-0.3, -0.25) is 9.59 Å². The summed E-state index contributed by atoms with van der Waals surface area (Å²) in [5.74, 6) is -0.685. The van der Waals surface area contributed by atoms with Gasteiger partial charge in [0.25, 0.3) is 5.91 Å². The van der Waals surface area contributed by atoms with Crippen LogP contribution >= 0.6 is 11.3 Å². The van der Waals surface area contributed by atoms with Crippen molar-refractivity contribution in [3.8, 4) is 0 Å². The fourth-order valence-electron chi connectivity index (χ4n) is 2.06. The Bertz CT molecular complexity index is 503. The number of carbonyl (C=O) groups is 2. The van der Waals surface area contributed by atoms with Crippen molar-refractivity contribution in [2.75, 3.05) is 5.32 Å². The SMILES string of the molecule is C/C=C\C(=O)Nc1sc2c(c1C(N)=O)CCC2. The molecule has 2 amide bonds. The van der Waals surface area contributed by atoms with Crippen LogP contribution in [-0.4, -0.2) is 11.8 Å². The first-order valence-electron chi connectivity index (χ1n) is 5.51. The molecule has 0 radical (unpaired) electrons. The number of thiophene rings is 1. The number of fused-ring (bicyclic) bond motifs is 1. The van der Waals surface area contributed by atoms with E-state index < -0.39 is 5.91 Å². The van der Waals surface area contributed by atoms with E-state index in [-0.39, 0.29) is 5.91 Å². The summed E-state index contributed by atoms with van der Waals surface area (Å²) in [4.78, 5) is 24.1. The van der Waals surface area contributed by atoms with E-state index in [0.717, 1.165) is 24.8 Å². The third-order valence-corrected chi connectivity index (χ3v) is 3.93. The number of hydrogen-bond acceptors (Lipinski definition) is 3. The lowest BCUT2D eigenvalue weighted by Gasteiger charge is -2.03. The molecule has 1 heterocycles. The lowest BCUT2D eigenvalue weighted by molar-refractivity contribution is -0.111. The minimum Gasteiger partial charge on any atom is -0.365 e. The molecular weight excluding hydrogens is 236 g/mol. The van der Waals surface area contributed by atoms with Crippen molar-refractivity contribution >= 4 is 28.2 Å². The number of carbonyl (C=O) groups excluding carboxylic acids is 2. The lowest BCUT2D eigenvalue weighted by Crippen LogP contribution is -2.16. The molecule has 1 aromatic heterocycles. The highest BCUT2D eigenvalue weighted by molar-refractivity contribution is 7.17. The zero-order valence-corrected chi connectivity index (χ0v) is 10.4. The summed E-state index contributed by atoms with van der Waals surface area (Å²) >= 11 is 1.46. The van der Waals surface area contributed by atoms with E-state index in [1.54, 1.807) is 13.0 Å². The Kier molecular flexibility index (Phi) is 3.28. The second-order valence-corrected chi connectivity index (χ2v) is 5.02. The van der Waals surface area contributed by atoms with E-state index in [2.05, 4.69) is 5.32 Å². The number of nitrogens with one attached hydrogen (secondary N) is 1. The summed E-state index contributed by atoms with van der Waals surface area (Å²) in [7, 11) is 0. The molecule has 1 aromatic rings. The van der Waals surface area contributed by atoms with Gasteiger partial charge in [-0.25, -0.2) is 0 Å². The van der Waals surface area contributed by atoms with Gasteiger partial charge in [0, 0.05) is 4.88 Å². The van der Waals surface area contributed by atoms with Crippen LogP contribution in [0.15, 0.2) is 12.2 Å². The van der Waals surface area contributed by atoms with E-state index in [9.17, 15) is 9.59 Å². The smallest absolute Gasteiger partial charge is 0.251 e. The van der Waals surface area contributed by atoms with Crippen molar-refractivity contribution < 1.29 is 9.59 Å². The maximum atomic E-state index is 11.5. The topological polar surface area (TPSA) is 72.2 Å². The number of allylic oxidation sites excluding steroid dienone is 1. The molecule has 0 saturated heterocycles. The molecule has 0 aliphatic heterocycles. The number of hydrogen-bond donors (Lipinski definition) is 2. The molecule has 3 N–H and O–H groups in total. The molecule has 17 heavy (non-hydrogen) atoms. The molecule has 0 unspecified atom stereocenters. The maximum absolute atomic E-state index is 11.5. The second-order valence-electron chi connectivity index (χ2n) is 3.91. The quantitative estimate of drug-likeness (QED) is 0.803. The average Bonchev–Trinajstić information content (AvgIpc) is 2.76. The van der Waals surface area contributed by atoms with Crippen LogP contribution in [0.5, 0.6) is 0 Å². The predicted molar refractivity (Wildman–Crippen MR) is 68.3 cm³/mol. The second kappa shape index (κ2) is 4.71. The van der Waals surface area contributed by atoms with Gasteiger partial charge in [0.05, 0.1) is 5.56 Å². The molecule has 0 saturated carbocycles. The maximum Gasteiger partial charge on any atom is 0.251 e. The van der Waals surface area contributed by atoms with Crippen molar-refractivity contribution in [1.82, 2.24) is 0 Å². The zero-order valence-electron chi connectivity index (χ0n) is 9.58. The normalized spacial score (nSPS) is 13.9. The van der Waals surface area contributed by atoms with Crippen LogP contribution in [0.4, 0.5) is 5.00 Å². The molecule has 0 aromatic carbocycles. The Hall–Kier alpha value is -1.62. The van der Waals surface area contributed by atoms with Crippen LogP contribution in [0.2, 0.25) is 0 Å². The van der Waals surface area contributed by atoms with Crippen LogP contribution in [0.1, 0.15) is 34.1 Å². The van der Waals surface area contributed by atoms with E-state index in [0.29, 0.717) is 10.6 Å². The molecule has 1 aliphatic carbocycles. The predicted octanol–water partition coefficient (Wildman–Crippen LogP) is 1.85. The molecule has 5 heteroatoms. The standard InChI is InChI=1S/C12H14N2O2S/c1-2-4-9(15)14-12-10(11(13)16)7-5-3-6-8(7)17-12/h2,4H,3,5-6H2,1H3,(H2,13,16)(H,14,15)/b4-2-. The highest BCUT2D eigenvalue weighted by Gasteiger charge is 2.25. The summed E-state index contributed by atoms with van der Waals surface area (Å²) < 4.78 is 0. The fraction of sp³-hybridized carbons (Fsp3) is 0.333. The van der Waals surface area contributed by atoms with Gasteiger partial charge < -0.3 is 11.1 Å². The van der Waals surface area contributed by atoms with Gasteiger partial charge in [0.15, 0.2) is 0 Å². The third-order valence-electron chi connectivity index (χ3n) is 2.72. The molecular formula is C12H14N2O2S. The van der Waals surface area contributed by atoms with Crippen LogP contribution in [-0.2, 0) is 17.6 Å². The van der Waals surface area contributed by atoms with Gasteiger partial charge in [-0.05, 0) is 37.8 Å². The Morgan fingerprint density at radius 3 is 2.82 bits per heavy atom. The molecule has 0 bridgehead atoms. The van der Waals surface area contributed by atoms with Crippen molar-refractivity contribution in [1.29, 1.82) is 0 Å². The first-order valence-corrected chi connectivity index (χ1v) is 6.33. The monoisotopic (exact) mass is 250 g/mol. The first kappa shape index (κ1) is 11.9. The third kappa shape index (κ3) is 2.24. The fourth-order valence-corrected chi connectivity index (χ4v) is 3.36. The molecule has 4 nitrogen and oxygen atoms in total. The van der Waals surface area contributed by atoms with E-state index in [1.165, 1.54) is 22.3 Å². The van der Waals surface area contributed by atoms with Crippen molar-refractivity contribution in [3.63, 3.8) is 0 Å². The minimum absolute atomic E-state index is 0.227. The summed E-state index contributed by atoms with van der Waals surface area (Å²) in [5, 5.41) is 3.30. The Labute approximate surface area is 104 Å². The van der Waals surface area contributed by atoms with Crippen molar-refractivity contribution in [3.05, 3.63) is 28.2 Å². The molecule has 0 spiro atoms. The van der Waals surface area contributed by atoms with E-state index >= 15 is 0 Å². The summed E-state index contributed by atoms with van der Waals surface area (Å²) in [6.07, 6.45) is 5.99. The highest BCUT2D eigenvalue weighted by Crippen LogP contribution is 2.38. The number of aryl methyl sites for hydroxylation is 1. The zero-order chi connectivity index (χ0) is 12.4.